The summed E-state index contributed by atoms with van der Waals surface area (Å²) in [7, 11) is 0. The van der Waals surface area contributed by atoms with E-state index in [-0.39, 0.29) is 6.03 Å². The third-order valence-corrected chi connectivity index (χ3v) is 8.05. The fourth-order valence-electron chi connectivity index (χ4n) is 5.62. The zero-order valence-electron chi connectivity index (χ0n) is 26.6. The van der Waals surface area contributed by atoms with Crippen molar-refractivity contribution >= 4 is 34.9 Å². The maximum Gasteiger partial charge on any atom is 0.511 e. The molecule has 0 aliphatic heterocycles. The van der Waals surface area contributed by atoms with Crippen LogP contribution >= 0.6 is 0 Å². The van der Waals surface area contributed by atoms with Crippen molar-refractivity contribution in [3.05, 3.63) is 78.1 Å². The lowest BCUT2D eigenvalue weighted by Gasteiger charge is -2.21. The van der Waals surface area contributed by atoms with Crippen molar-refractivity contribution in [1.29, 1.82) is 0 Å². The predicted octanol–water partition coefficient (Wildman–Crippen LogP) is 8.49. The molecule has 1 saturated carbocycles. The maximum absolute atomic E-state index is 12.7. The van der Waals surface area contributed by atoms with Crippen LogP contribution in [0, 0.1) is 5.92 Å². The number of ether oxygens (including phenoxy) is 1. The van der Waals surface area contributed by atoms with Gasteiger partial charge in [-0.05, 0) is 60.6 Å². The highest BCUT2D eigenvalue weighted by atomic mass is 19.4. The highest BCUT2D eigenvalue weighted by molar-refractivity contribution is 5.92. The van der Waals surface area contributed by atoms with Gasteiger partial charge >= 0.3 is 24.3 Å². The number of nitrogens with one attached hydrogen (secondary N) is 2. The summed E-state index contributed by atoms with van der Waals surface area (Å²) in [4.78, 5) is 37.6. The molecule has 10 nitrogen and oxygen atoms in total. The van der Waals surface area contributed by atoms with E-state index in [1.54, 1.807) is 12.1 Å². The number of anilines is 1. The standard InChI is InChI=1S/C33H38N4O4.C2HF3O2/c1-2-3-13-31-36-28-19-18-26(35-32(38)34-21-23-9-5-4-6-10-23)20-29(28)37(31)22-24-14-16-25(17-15-24)27-11-7-8-12-30(27)41-33(39)40;3-2(4,5)1(6)7/h7-8,11-12,14-20,23H,2-6,9-10,13,21-22H2,1H3,(H,39,40)(H2,34,35,38);(H,6,7). The number of hydrogen-bond acceptors (Lipinski definition) is 5. The number of urea groups is 1. The van der Waals surface area contributed by atoms with E-state index in [0.717, 1.165) is 65.0 Å². The van der Waals surface area contributed by atoms with Gasteiger partial charge in [0, 0.05) is 30.8 Å². The fraction of sp³-hybridized carbons (Fsp3) is 0.371. The quantitative estimate of drug-likeness (QED) is 0.0980. The van der Waals surface area contributed by atoms with E-state index in [1.165, 1.54) is 32.1 Å². The maximum atomic E-state index is 12.7. The number of aromatic nitrogens is 2. The summed E-state index contributed by atoms with van der Waals surface area (Å²) >= 11 is 0. The van der Waals surface area contributed by atoms with Gasteiger partial charge in [0.2, 0.25) is 0 Å². The van der Waals surface area contributed by atoms with Gasteiger partial charge < -0.3 is 30.2 Å². The second-order valence-corrected chi connectivity index (χ2v) is 11.6. The lowest BCUT2D eigenvalue weighted by atomic mass is 9.89. The first-order valence-electron chi connectivity index (χ1n) is 15.9. The van der Waals surface area contributed by atoms with Gasteiger partial charge in [-0.3, -0.25) is 0 Å². The number of halogens is 3. The number of carboxylic acid groups (broad SMARTS) is 2. The summed E-state index contributed by atoms with van der Waals surface area (Å²) in [5, 5.41) is 22.3. The molecule has 0 radical (unpaired) electrons. The molecule has 5 rings (SSSR count). The first-order chi connectivity index (χ1) is 22.9. The van der Waals surface area contributed by atoms with Gasteiger partial charge in [0.05, 0.1) is 11.0 Å². The van der Waals surface area contributed by atoms with E-state index < -0.39 is 18.3 Å². The van der Waals surface area contributed by atoms with Crippen LogP contribution in [0.1, 0.15) is 63.3 Å². The number of alkyl halides is 3. The second kappa shape index (κ2) is 16.7. The topological polar surface area (TPSA) is 143 Å². The molecule has 1 heterocycles. The molecule has 0 spiro atoms. The molecule has 0 atom stereocenters. The Labute approximate surface area is 275 Å². The van der Waals surface area contributed by atoms with Crippen molar-refractivity contribution in [3.8, 4) is 16.9 Å². The third kappa shape index (κ3) is 10.2. The highest BCUT2D eigenvalue weighted by Crippen LogP contribution is 2.31. The number of carbonyl (C=O) groups is 3. The van der Waals surface area contributed by atoms with E-state index >= 15 is 0 Å². The van der Waals surface area contributed by atoms with Crippen LogP contribution in [0.25, 0.3) is 22.2 Å². The highest BCUT2D eigenvalue weighted by Gasteiger charge is 2.38. The number of para-hydroxylation sites is 1. The summed E-state index contributed by atoms with van der Waals surface area (Å²) in [6.45, 7) is 3.52. The Balaban J connectivity index is 0.000000671. The second-order valence-electron chi connectivity index (χ2n) is 11.6. The van der Waals surface area contributed by atoms with Crippen LogP contribution in [0.15, 0.2) is 66.7 Å². The monoisotopic (exact) mass is 668 g/mol. The summed E-state index contributed by atoms with van der Waals surface area (Å²) in [5.41, 5.74) is 5.30. The first kappa shape index (κ1) is 35.8. The van der Waals surface area contributed by atoms with E-state index in [2.05, 4.69) is 22.1 Å². The summed E-state index contributed by atoms with van der Waals surface area (Å²) in [5.74, 6) is -0.861. The third-order valence-electron chi connectivity index (χ3n) is 8.05. The number of carbonyl (C=O) groups excluding carboxylic acids is 1. The first-order valence-corrected chi connectivity index (χ1v) is 15.9. The number of aliphatic carboxylic acids is 1. The van der Waals surface area contributed by atoms with Gasteiger partial charge in [-0.15, -0.1) is 0 Å². The Morgan fingerprint density at radius 3 is 2.31 bits per heavy atom. The predicted molar refractivity (Wildman–Crippen MR) is 175 cm³/mol. The lowest BCUT2D eigenvalue weighted by molar-refractivity contribution is -0.192. The number of hydrogen-bond donors (Lipinski definition) is 4. The van der Waals surface area contributed by atoms with Crippen molar-refractivity contribution in [1.82, 2.24) is 14.9 Å². The number of rotatable bonds is 10. The van der Waals surface area contributed by atoms with E-state index in [0.29, 0.717) is 18.2 Å². The minimum absolute atomic E-state index is 0.171. The zero-order chi connectivity index (χ0) is 34.7. The summed E-state index contributed by atoms with van der Waals surface area (Å²) in [6.07, 6.45) is 2.75. The molecule has 4 aromatic rings. The number of fused-ring (bicyclic) bond motifs is 1. The van der Waals surface area contributed by atoms with Gasteiger partial charge in [-0.25, -0.2) is 19.4 Å². The van der Waals surface area contributed by atoms with Crippen LogP contribution in [0.5, 0.6) is 5.75 Å². The van der Waals surface area contributed by atoms with Crippen molar-refractivity contribution in [2.45, 2.75) is 71.0 Å². The summed E-state index contributed by atoms with van der Waals surface area (Å²) < 4.78 is 38.9. The van der Waals surface area contributed by atoms with Crippen LogP contribution in [-0.2, 0) is 17.8 Å². The van der Waals surface area contributed by atoms with Crippen LogP contribution < -0.4 is 15.4 Å². The Bertz CT molecular complexity index is 1700. The summed E-state index contributed by atoms with van der Waals surface area (Å²) in [6, 6.07) is 20.9. The lowest BCUT2D eigenvalue weighted by Crippen LogP contribution is -2.33. The van der Waals surface area contributed by atoms with Crippen molar-refractivity contribution in [3.63, 3.8) is 0 Å². The number of unbranched alkanes of at least 4 members (excludes halogenated alkanes) is 1. The molecule has 0 bridgehead atoms. The van der Waals surface area contributed by atoms with Crippen molar-refractivity contribution < 1.29 is 42.5 Å². The molecule has 0 unspecified atom stereocenters. The zero-order valence-corrected chi connectivity index (χ0v) is 26.6. The van der Waals surface area contributed by atoms with Crippen molar-refractivity contribution in [2.24, 2.45) is 5.92 Å². The molecule has 13 heteroatoms. The van der Waals surface area contributed by atoms with E-state index in [4.69, 9.17) is 24.7 Å². The number of benzene rings is 3. The number of amides is 2. The molecule has 1 aromatic heterocycles. The smallest absolute Gasteiger partial charge is 0.475 e. The van der Waals surface area contributed by atoms with Crippen LogP contribution in [0.2, 0.25) is 0 Å². The van der Waals surface area contributed by atoms with Crippen LogP contribution in [0.3, 0.4) is 0 Å². The molecule has 1 fully saturated rings. The molecule has 1 aliphatic rings. The average molecular weight is 669 g/mol. The normalized spacial score (nSPS) is 13.3. The van der Waals surface area contributed by atoms with Crippen LogP contribution in [0.4, 0.5) is 28.4 Å². The Morgan fingerprint density at radius 2 is 1.67 bits per heavy atom. The minimum Gasteiger partial charge on any atom is -0.475 e. The number of carboxylic acids is 1. The molecule has 1 aliphatic carbocycles. The molecule has 3 aromatic carbocycles. The number of aryl methyl sites for hydroxylation is 1. The number of nitrogens with zero attached hydrogens (tertiary/aromatic N) is 2. The van der Waals surface area contributed by atoms with Gasteiger partial charge in [0.1, 0.15) is 11.6 Å². The number of imidazole rings is 1. The Kier molecular flexibility index (Phi) is 12.4. The average Bonchev–Trinajstić information content (AvgIpc) is 3.39. The van der Waals surface area contributed by atoms with Gasteiger partial charge in [0.15, 0.2) is 0 Å². The molecule has 48 heavy (non-hydrogen) atoms. The van der Waals surface area contributed by atoms with Gasteiger partial charge in [0.25, 0.3) is 0 Å². The SMILES string of the molecule is CCCCc1nc2ccc(NC(=O)NCC3CCCCC3)cc2n1Cc1ccc(-c2ccccc2OC(=O)O)cc1.O=C(O)C(F)(F)F. The minimum atomic E-state index is -5.08. The van der Waals surface area contributed by atoms with Gasteiger partial charge in [-0.1, -0.05) is 75.1 Å². The molecule has 4 N–H and O–H groups in total. The largest absolute Gasteiger partial charge is 0.511 e. The molecular weight excluding hydrogens is 629 g/mol. The van der Waals surface area contributed by atoms with E-state index in [9.17, 15) is 22.8 Å². The molecule has 0 saturated heterocycles. The fourth-order valence-corrected chi connectivity index (χ4v) is 5.62. The Hall–Kier alpha value is -5.07. The Morgan fingerprint density at radius 1 is 0.979 bits per heavy atom. The molecule has 256 valence electrons. The molecular formula is C35H39F3N4O6. The van der Waals surface area contributed by atoms with Crippen molar-refractivity contribution in [2.75, 3.05) is 11.9 Å². The van der Waals surface area contributed by atoms with Gasteiger partial charge in [-0.2, -0.15) is 13.2 Å². The van der Waals surface area contributed by atoms with Crippen LogP contribution in [-0.4, -0.2) is 50.6 Å². The molecule has 2 amide bonds. The van der Waals surface area contributed by atoms with E-state index in [1.807, 2.05) is 54.6 Å².